The molecular weight excluding hydrogens is 254 g/mol. The molecule has 0 saturated carbocycles. The van der Waals surface area contributed by atoms with E-state index in [0.717, 1.165) is 5.00 Å². The Morgan fingerprint density at radius 1 is 1.50 bits per heavy atom. The molecule has 0 fully saturated rings. The van der Waals surface area contributed by atoms with E-state index in [0.29, 0.717) is 18.7 Å². The molecule has 0 bridgehead atoms. The van der Waals surface area contributed by atoms with E-state index in [-0.39, 0.29) is 11.9 Å². The molecule has 1 heterocycles. The topological polar surface area (TPSA) is 77.7 Å². The Hall–Kier alpha value is -1.34. The molecule has 0 saturated heterocycles. The molecule has 1 aromatic rings. The number of nitrogens with zero attached hydrogens (tertiary/aromatic N) is 2. The van der Waals surface area contributed by atoms with Crippen LogP contribution in [0, 0.1) is 0 Å². The lowest BCUT2D eigenvalue weighted by Crippen LogP contribution is -2.34. The van der Waals surface area contributed by atoms with Crippen molar-refractivity contribution in [3.63, 3.8) is 0 Å². The second-order valence-corrected chi connectivity index (χ2v) is 4.77. The van der Waals surface area contributed by atoms with Crippen LogP contribution in [0.2, 0.25) is 0 Å². The van der Waals surface area contributed by atoms with Gasteiger partial charge < -0.3 is 20.1 Å². The molecule has 1 aromatic heterocycles. The summed E-state index contributed by atoms with van der Waals surface area (Å²) in [7, 11) is 2.97. The lowest BCUT2D eigenvalue weighted by Gasteiger charge is -2.27. The minimum absolute atomic E-state index is 0.211. The third kappa shape index (κ3) is 3.11. The fourth-order valence-corrected chi connectivity index (χ4v) is 2.53. The van der Waals surface area contributed by atoms with Gasteiger partial charge in [-0.3, -0.25) is 0 Å². The summed E-state index contributed by atoms with van der Waals surface area (Å²) in [5.41, 5.74) is 6.07. The molecular formula is C11H19N3O3S. The Labute approximate surface area is 111 Å². The summed E-state index contributed by atoms with van der Waals surface area (Å²) in [6.45, 7) is 5.30. The zero-order valence-electron chi connectivity index (χ0n) is 11.1. The molecule has 0 spiro atoms. The molecule has 0 unspecified atom stereocenters. The lowest BCUT2D eigenvalue weighted by atomic mass is 10.2. The van der Waals surface area contributed by atoms with Crippen LogP contribution in [-0.4, -0.2) is 43.8 Å². The van der Waals surface area contributed by atoms with E-state index >= 15 is 0 Å². The van der Waals surface area contributed by atoms with E-state index in [1.54, 1.807) is 7.11 Å². The van der Waals surface area contributed by atoms with E-state index in [1.165, 1.54) is 18.6 Å². The fraction of sp³-hybridized carbons (Fsp3) is 0.636. The highest BCUT2D eigenvalue weighted by Crippen LogP contribution is 2.32. The molecule has 7 heteroatoms. The third-order valence-corrected chi connectivity index (χ3v) is 3.41. The molecule has 0 aliphatic heterocycles. The number of rotatable bonds is 6. The highest BCUT2D eigenvalue weighted by molar-refractivity contribution is 7.11. The predicted octanol–water partition coefficient (Wildman–Crippen LogP) is 1.37. The Morgan fingerprint density at radius 3 is 2.67 bits per heavy atom. The highest BCUT2D eigenvalue weighted by Gasteiger charge is 2.25. The standard InChI is InChI=1S/C11H19N3O3S/c1-7(2)14(5-6-16-3)10-8(11(15)17-4)9(12)13-18-10/h7H,5-6H2,1-4H3,(H2,12,13). The van der Waals surface area contributed by atoms with E-state index in [9.17, 15) is 4.79 Å². The van der Waals surface area contributed by atoms with Gasteiger partial charge in [0, 0.05) is 19.7 Å². The van der Waals surface area contributed by atoms with Crippen LogP contribution in [0.4, 0.5) is 10.8 Å². The number of hydrogen-bond acceptors (Lipinski definition) is 7. The SMILES string of the molecule is COCCN(c1snc(N)c1C(=O)OC)C(C)C. The maximum atomic E-state index is 11.7. The predicted molar refractivity (Wildman–Crippen MR) is 72.2 cm³/mol. The van der Waals surface area contributed by atoms with Gasteiger partial charge in [-0.1, -0.05) is 0 Å². The number of ether oxygens (including phenoxy) is 2. The number of esters is 1. The Balaban J connectivity index is 3.08. The van der Waals surface area contributed by atoms with Gasteiger partial charge in [-0.2, -0.15) is 4.37 Å². The van der Waals surface area contributed by atoms with Gasteiger partial charge >= 0.3 is 5.97 Å². The second-order valence-electron chi connectivity index (χ2n) is 4.02. The average molecular weight is 273 g/mol. The number of carbonyl (C=O) groups excluding carboxylic acids is 1. The Kier molecular flexibility index (Phi) is 5.36. The first-order chi connectivity index (χ1) is 8.52. The van der Waals surface area contributed by atoms with Crippen LogP contribution < -0.4 is 10.6 Å². The number of aromatic nitrogens is 1. The van der Waals surface area contributed by atoms with Crippen molar-refractivity contribution in [1.82, 2.24) is 4.37 Å². The van der Waals surface area contributed by atoms with E-state index in [2.05, 4.69) is 4.37 Å². The molecule has 18 heavy (non-hydrogen) atoms. The molecule has 0 aliphatic carbocycles. The average Bonchev–Trinajstić information content (AvgIpc) is 2.70. The monoisotopic (exact) mass is 273 g/mol. The first-order valence-electron chi connectivity index (χ1n) is 5.62. The zero-order valence-corrected chi connectivity index (χ0v) is 11.9. The number of nitrogen functional groups attached to an aromatic ring is 1. The van der Waals surface area contributed by atoms with Gasteiger partial charge in [-0.05, 0) is 25.4 Å². The number of methoxy groups -OCH3 is 2. The maximum absolute atomic E-state index is 11.7. The summed E-state index contributed by atoms with van der Waals surface area (Å²) in [5.74, 6) is -0.246. The smallest absolute Gasteiger partial charge is 0.344 e. The second kappa shape index (κ2) is 6.55. The van der Waals surface area contributed by atoms with Crippen molar-refractivity contribution in [2.24, 2.45) is 0 Å². The normalized spacial score (nSPS) is 10.7. The van der Waals surface area contributed by atoms with E-state index in [4.69, 9.17) is 15.2 Å². The highest BCUT2D eigenvalue weighted by atomic mass is 32.1. The molecule has 0 atom stereocenters. The van der Waals surface area contributed by atoms with Crippen molar-refractivity contribution in [2.45, 2.75) is 19.9 Å². The molecule has 0 radical (unpaired) electrons. The minimum atomic E-state index is -0.459. The van der Waals surface area contributed by atoms with Crippen LogP contribution >= 0.6 is 11.5 Å². The molecule has 102 valence electrons. The van der Waals surface area contributed by atoms with Gasteiger partial charge in [0.05, 0.1) is 13.7 Å². The van der Waals surface area contributed by atoms with Crippen molar-refractivity contribution in [3.8, 4) is 0 Å². The number of carbonyl (C=O) groups is 1. The summed E-state index contributed by atoms with van der Waals surface area (Å²) in [4.78, 5) is 13.8. The fourth-order valence-electron chi connectivity index (χ4n) is 1.57. The van der Waals surface area contributed by atoms with Crippen molar-refractivity contribution < 1.29 is 14.3 Å². The van der Waals surface area contributed by atoms with Crippen molar-refractivity contribution >= 4 is 28.3 Å². The Bertz CT molecular complexity index is 406. The number of hydrogen-bond donors (Lipinski definition) is 1. The van der Waals surface area contributed by atoms with Gasteiger partial charge in [0.25, 0.3) is 0 Å². The molecule has 2 N–H and O–H groups in total. The third-order valence-electron chi connectivity index (χ3n) is 2.51. The van der Waals surface area contributed by atoms with Gasteiger partial charge in [0.1, 0.15) is 10.6 Å². The molecule has 6 nitrogen and oxygen atoms in total. The van der Waals surface area contributed by atoms with E-state index < -0.39 is 5.97 Å². The lowest BCUT2D eigenvalue weighted by molar-refractivity contribution is 0.0603. The summed E-state index contributed by atoms with van der Waals surface area (Å²) < 4.78 is 13.8. The number of nitrogens with two attached hydrogens (primary N) is 1. The molecule has 0 aromatic carbocycles. The quantitative estimate of drug-likeness (QED) is 0.789. The van der Waals surface area contributed by atoms with Crippen LogP contribution in [0.5, 0.6) is 0 Å². The van der Waals surface area contributed by atoms with Gasteiger partial charge in [-0.15, -0.1) is 0 Å². The van der Waals surface area contributed by atoms with E-state index in [1.807, 2.05) is 18.7 Å². The molecule has 1 rings (SSSR count). The molecule has 0 amide bonds. The summed E-state index contributed by atoms with van der Waals surface area (Å²) in [6.07, 6.45) is 0. The minimum Gasteiger partial charge on any atom is -0.465 e. The van der Waals surface area contributed by atoms with Crippen molar-refractivity contribution in [2.75, 3.05) is 38.0 Å². The van der Waals surface area contributed by atoms with Crippen LogP contribution in [-0.2, 0) is 9.47 Å². The Morgan fingerprint density at radius 2 is 2.17 bits per heavy atom. The van der Waals surface area contributed by atoms with Gasteiger partial charge in [-0.25, -0.2) is 4.79 Å². The first-order valence-corrected chi connectivity index (χ1v) is 6.39. The van der Waals surface area contributed by atoms with Crippen LogP contribution in [0.1, 0.15) is 24.2 Å². The van der Waals surface area contributed by atoms with Crippen molar-refractivity contribution in [3.05, 3.63) is 5.56 Å². The summed E-state index contributed by atoms with van der Waals surface area (Å²) in [6, 6.07) is 0.211. The van der Waals surface area contributed by atoms with Gasteiger partial charge in [0.2, 0.25) is 0 Å². The number of anilines is 2. The van der Waals surface area contributed by atoms with Crippen LogP contribution in [0.25, 0.3) is 0 Å². The first kappa shape index (κ1) is 14.7. The van der Waals surface area contributed by atoms with Crippen molar-refractivity contribution in [1.29, 1.82) is 0 Å². The largest absolute Gasteiger partial charge is 0.465 e. The summed E-state index contributed by atoms with van der Waals surface area (Å²) >= 11 is 1.20. The maximum Gasteiger partial charge on any atom is 0.344 e. The molecule has 0 aliphatic rings. The van der Waals surface area contributed by atoms with Crippen LogP contribution in [0.3, 0.4) is 0 Å². The zero-order chi connectivity index (χ0) is 13.7. The summed E-state index contributed by atoms with van der Waals surface area (Å²) in [5, 5.41) is 0.728. The van der Waals surface area contributed by atoms with Gasteiger partial charge in [0.15, 0.2) is 5.82 Å². The van der Waals surface area contributed by atoms with Crippen LogP contribution in [0.15, 0.2) is 0 Å².